The quantitative estimate of drug-likeness (QED) is 0.171. The van der Waals surface area contributed by atoms with Gasteiger partial charge in [-0.15, -0.1) is 0 Å². The highest BCUT2D eigenvalue weighted by Gasteiger charge is 2.19. The number of nitrogens with zero attached hydrogens (tertiary/aromatic N) is 5. The fourth-order valence-electron chi connectivity index (χ4n) is 7.47. The van der Waals surface area contributed by atoms with Crippen molar-refractivity contribution < 1.29 is 8.83 Å². The first kappa shape index (κ1) is 30.9. The summed E-state index contributed by atoms with van der Waals surface area (Å²) in [6.45, 7) is 0. The summed E-state index contributed by atoms with van der Waals surface area (Å²) in [7, 11) is 0. The number of aromatic nitrogens is 5. The Morgan fingerprint density at radius 3 is 1.27 bits per heavy atom. The minimum Gasteiger partial charge on any atom is -0.436 e. The maximum absolute atomic E-state index is 6.19. The second-order valence-corrected chi connectivity index (χ2v) is 13.6. The van der Waals surface area contributed by atoms with Crippen LogP contribution >= 0.6 is 0 Å². The van der Waals surface area contributed by atoms with Crippen LogP contribution in [-0.4, -0.2) is 24.5 Å². The smallest absolute Gasteiger partial charge is 0.234 e. The zero-order valence-corrected chi connectivity index (χ0v) is 29.3. The lowest BCUT2D eigenvalue weighted by atomic mass is 9.94. The maximum atomic E-state index is 6.19. The average Bonchev–Trinajstić information content (AvgIpc) is 3.98. The normalized spacial score (nSPS) is 11.6. The number of rotatable bonds is 6. The van der Waals surface area contributed by atoms with Gasteiger partial charge in [0.25, 0.3) is 0 Å². The molecule has 0 unspecified atom stereocenters. The van der Waals surface area contributed by atoms with Crippen LogP contribution in [0.5, 0.6) is 0 Å². The second kappa shape index (κ2) is 12.5. The van der Waals surface area contributed by atoms with Crippen molar-refractivity contribution in [2.75, 3.05) is 0 Å². The molecule has 0 atom stereocenters. The molecule has 258 valence electrons. The number of oxazole rings is 2. The van der Waals surface area contributed by atoms with Crippen molar-refractivity contribution in [1.29, 1.82) is 0 Å². The molecule has 0 aliphatic carbocycles. The lowest BCUT2D eigenvalue weighted by Gasteiger charge is -2.12. The molecule has 7 aromatic carbocycles. The fourth-order valence-corrected chi connectivity index (χ4v) is 7.47. The van der Waals surface area contributed by atoms with Gasteiger partial charge in [0, 0.05) is 39.9 Å². The summed E-state index contributed by atoms with van der Waals surface area (Å²) in [5.74, 6) is 1.69. The molecule has 7 heteroatoms. The highest BCUT2D eigenvalue weighted by Crippen LogP contribution is 2.38. The van der Waals surface area contributed by atoms with Crippen molar-refractivity contribution in [2.24, 2.45) is 0 Å². The Morgan fingerprint density at radius 2 is 0.800 bits per heavy atom. The van der Waals surface area contributed by atoms with Gasteiger partial charge in [0.15, 0.2) is 11.2 Å². The Bertz CT molecular complexity index is 2940. The fraction of sp³-hybridized carbons (Fsp3) is 0. The van der Waals surface area contributed by atoms with Gasteiger partial charge in [-0.3, -0.25) is 4.57 Å². The van der Waals surface area contributed by atoms with Crippen LogP contribution in [0.2, 0.25) is 0 Å². The van der Waals surface area contributed by atoms with Crippen LogP contribution in [-0.2, 0) is 0 Å². The molecule has 0 saturated heterocycles. The van der Waals surface area contributed by atoms with E-state index in [9.17, 15) is 0 Å². The lowest BCUT2D eigenvalue weighted by molar-refractivity contribution is 0.619. The first-order valence-corrected chi connectivity index (χ1v) is 18.1. The van der Waals surface area contributed by atoms with E-state index in [1.165, 1.54) is 0 Å². The van der Waals surface area contributed by atoms with Crippen LogP contribution in [0.1, 0.15) is 0 Å². The summed E-state index contributed by atoms with van der Waals surface area (Å²) >= 11 is 0. The van der Waals surface area contributed by atoms with Crippen molar-refractivity contribution >= 4 is 44.0 Å². The van der Waals surface area contributed by atoms with Crippen LogP contribution in [0.25, 0.3) is 106 Å². The molecule has 0 N–H and O–H groups in total. The Balaban J connectivity index is 1.06. The van der Waals surface area contributed by atoms with Crippen molar-refractivity contribution in [3.05, 3.63) is 176 Å². The van der Waals surface area contributed by atoms with E-state index in [0.717, 1.165) is 88.5 Å². The van der Waals surface area contributed by atoms with E-state index in [-0.39, 0.29) is 0 Å². The number of benzene rings is 7. The standard InChI is InChI=1S/C48H29N5O2/c1-3-11-30(12-4-1)34-23-35(31-13-5-2-6-14-31)25-36(24-34)37-28-49-48(50-29-37)53-42-21-19-32(46-51-40-15-7-9-17-44(40)54-46)26-38(42)39-27-33(20-22-43(39)53)47-52-41-16-8-10-18-45(41)55-47/h1-29H. The number of para-hydroxylation sites is 4. The highest BCUT2D eigenvalue weighted by molar-refractivity contribution is 6.11. The van der Waals surface area contributed by atoms with Gasteiger partial charge < -0.3 is 8.83 Å². The van der Waals surface area contributed by atoms with E-state index in [2.05, 4.69) is 95.6 Å². The molecule has 7 nitrogen and oxygen atoms in total. The molecule has 4 heterocycles. The van der Waals surface area contributed by atoms with Crippen LogP contribution in [0.3, 0.4) is 0 Å². The lowest BCUT2D eigenvalue weighted by Crippen LogP contribution is -2.01. The van der Waals surface area contributed by atoms with Crippen molar-refractivity contribution in [3.8, 4) is 62.2 Å². The Labute approximate surface area is 314 Å². The van der Waals surface area contributed by atoms with E-state index in [0.29, 0.717) is 17.7 Å². The van der Waals surface area contributed by atoms with Crippen molar-refractivity contribution in [1.82, 2.24) is 24.5 Å². The van der Waals surface area contributed by atoms with Gasteiger partial charge in [0.1, 0.15) is 11.0 Å². The maximum Gasteiger partial charge on any atom is 0.234 e. The van der Waals surface area contributed by atoms with Crippen molar-refractivity contribution in [3.63, 3.8) is 0 Å². The number of hydrogen-bond acceptors (Lipinski definition) is 6. The van der Waals surface area contributed by atoms with Crippen molar-refractivity contribution in [2.45, 2.75) is 0 Å². The molecule has 0 aliphatic rings. The first-order valence-electron chi connectivity index (χ1n) is 18.1. The molecule has 11 aromatic rings. The van der Waals surface area contributed by atoms with Gasteiger partial charge in [0.05, 0.1) is 11.0 Å². The Kier molecular flexibility index (Phi) is 7.03. The molecule has 0 aliphatic heterocycles. The molecule has 0 bridgehead atoms. The summed E-state index contributed by atoms with van der Waals surface area (Å²) in [5.41, 5.74) is 13.3. The molecule has 0 fully saturated rings. The van der Waals surface area contributed by atoms with Crippen LogP contribution in [0.4, 0.5) is 0 Å². The zero-order chi connectivity index (χ0) is 36.3. The van der Waals surface area contributed by atoms with Gasteiger partial charge in [-0.05, 0) is 107 Å². The molecule has 0 radical (unpaired) electrons. The summed E-state index contributed by atoms with van der Waals surface area (Å²) in [4.78, 5) is 19.6. The number of fused-ring (bicyclic) bond motifs is 5. The van der Waals surface area contributed by atoms with Gasteiger partial charge in [-0.25, -0.2) is 19.9 Å². The molecule has 0 amide bonds. The summed E-state index contributed by atoms with van der Waals surface area (Å²) in [5, 5.41) is 2.01. The molecule has 55 heavy (non-hydrogen) atoms. The molecule has 11 rings (SSSR count). The van der Waals surface area contributed by atoms with E-state index >= 15 is 0 Å². The SMILES string of the molecule is c1ccc(-c2cc(-c3ccccc3)cc(-c3cnc(-n4c5ccc(-c6nc7ccccc7o6)cc5c5cc(-c6nc7ccccc7o6)ccc54)nc3)c2)cc1. The second-order valence-electron chi connectivity index (χ2n) is 13.6. The minimum absolute atomic E-state index is 0.562. The summed E-state index contributed by atoms with van der Waals surface area (Å²) in [6.07, 6.45) is 3.83. The summed E-state index contributed by atoms with van der Waals surface area (Å²) in [6, 6.07) is 55.7. The van der Waals surface area contributed by atoms with E-state index in [1.807, 2.05) is 85.2 Å². The van der Waals surface area contributed by atoms with Gasteiger partial charge in [-0.2, -0.15) is 0 Å². The first-order chi connectivity index (χ1) is 27.2. The third-order valence-corrected chi connectivity index (χ3v) is 10.2. The highest BCUT2D eigenvalue weighted by atomic mass is 16.4. The van der Waals surface area contributed by atoms with E-state index in [1.54, 1.807) is 0 Å². The molecule has 4 aromatic heterocycles. The summed E-state index contributed by atoms with van der Waals surface area (Å²) < 4.78 is 14.5. The van der Waals surface area contributed by atoms with Crippen LogP contribution in [0, 0.1) is 0 Å². The van der Waals surface area contributed by atoms with E-state index in [4.69, 9.17) is 28.8 Å². The monoisotopic (exact) mass is 707 g/mol. The number of hydrogen-bond donors (Lipinski definition) is 0. The van der Waals surface area contributed by atoms with Gasteiger partial charge in [0.2, 0.25) is 17.7 Å². The van der Waals surface area contributed by atoms with E-state index < -0.39 is 0 Å². The van der Waals surface area contributed by atoms with Gasteiger partial charge in [-0.1, -0.05) is 84.9 Å². The molecule has 0 saturated carbocycles. The predicted octanol–water partition coefficient (Wildman–Crippen LogP) is 12.2. The Hall–Kier alpha value is -7.64. The van der Waals surface area contributed by atoms with Crippen LogP contribution in [0.15, 0.2) is 185 Å². The third-order valence-electron chi connectivity index (χ3n) is 10.2. The topological polar surface area (TPSA) is 82.8 Å². The average molecular weight is 708 g/mol. The van der Waals surface area contributed by atoms with Gasteiger partial charge >= 0.3 is 0 Å². The minimum atomic E-state index is 0.562. The predicted molar refractivity (Wildman–Crippen MR) is 219 cm³/mol. The third kappa shape index (κ3) is 5.37. The zero-order valence-electron chi connectivity index (χ0n) is 29.3. The molecular formula is C48H29N5O2. The molecule has 0 spiro atoms. The van der Waals surface area contributed by atoms with Crippen LogP contribution < -0.4 is 0 Å². The largest absolute Gasteiger partial charge is 0.436 e. The Morgan fingerprint density at radius 1 is 0.364 bits per heavy atom. The molecular weight excluding hydrogens is 679 g/mol.